The van der Waals surface area contributed by atoms with Gasteiger partial charge >= 0.3 is 0 Å². The van der Waals surface area contributed by atoms with Crippen LogP contribution in [0.3, 0.4) is 0 Å². The molecule has 0 bridgehead atoms. The van der Waals surface area contributed by atoms with E-state index in [1.165, 1.54) is 11.1 Å². The molecule has 4 heteroatoms. The molecule has 1 heterocycles. The fourth-order valence-electron chi connectivity index (χ4n) is 3.09. The molecule has 0 fully saturated rings. The van der Waals surface area contributed by atoms with E-state index in [1.54, 1.807) is 0 Å². The van der Waals surface area contributed by atoms with Gasteiger partial charge in [0.2, 0.25) is 5.91 Å². The van der Waals surface area contributed by atoms with Crippen molar-refractivity contribution in [2.24, 2.45) is 0 Å². The lowest BCUT2D eigenvalue weighted by Crippen LogP contribution is -2.37. The third-order valence-electron chi connectivity index (χ3n) is 4.36. The van der Waals surface area contributed by atoms with Crippen molar-refractivity contribution >= 4 is 23.0 Å². The summed E-state index contributed by atoms with van der Waals surface area (Å²) in [5.41, 5.74) is 11.2. The lowest BCUT2D eigenvalue weighted by Gasteiger charge is -2.31. The Morgan fingerprint density at radius 1 is 1.22 bits per heavy atom. The van der Waals surface area contributed by atoms with Gasteiger partial charge in [-0.15, -0.1) is 0 Å². The zero-order chi connectivity index (χ0) is 16.2. The number of carbonyl (C=O) groups is 1. The Morgan fingerprint density at radius 3 is 2.74 bits per heavy atom. The molecule has 2 aromatic rings. The second kappa shape index (κ2) is 6.73. The van der Waals surface area contributed by atoms with Crippen LogP contribution < -0.4 is 16.0 Å². The molecule has 1 aliphatic rings. The van der Waals surface area contributed by atoms with Crippen LogP contribution >= 0.6 is 0 Å². The SMILES string of the molecule is CCc1ccc(NC(=O)CN2CCCc3c(N)cccc32)cc1. The number of aryl methyl sites for hydroxylation is 1. The van der Waals surface area contributed by atoms with E-state index in [2.05, 4.69) is 17.1 Å². The Labute approximate surface area is 137 Å². The minimum Gasteiger partial charge on any atom is -0.398 e. The number of nitrogen functional groups attached to an aromatic ring is 1. The number of anilines is 3. The fraction of sp³-hybridized carbons (Fsp3) is 0.316. The van der Waals surface area contributed by atoms with E-state index in [0.717, 1.165) is 42.9 Å². The molecule has 0 aromatic heterocycles. The highest BCUT2D eigenvalue weighted by Crippen LogP contribution is 2.31. The average molecular weight is 309 g/mol. The number of benzene rings is 2. The summed E-state index contributed by atoms with van der Waals surface area (Å²) in [6.45, 7) is 3.36. The van der Waals surface area contributed by atoms with Crippen LogP contribution in [0.4, 0.5) is 17.1 Å². The van der Waals surface area contributed by atoms with E-state index in [-0.39, 0.29) is 5.91 Å². The average Bonchev–Trinajstić information content (AvgIpc) is 2.56. The second-order valence-electron chi connectivity index (χ2n) is 5.97. The quantitative estimate of drug-likeness (QED) is 0.853. The Bertz CT molecular complexity index is 694. The number of hydrogen-bond acceptors (Lipinski definition) is 3. The molecule has 0 saturated heterocycles. The Hall–Kier alpha value is -2.49. The van der Waals surface area contributed by atoms with Crippen molar-refractivity contribution in [3.05, 3.63) is 53.6 Å². The van der Waals surface area contributed by atoms with Gasteiger partial charge in [0.15, 0.2) is 0 Å². The molecule has 23 heavy (non-hydrogen) atoms. The van der Waals surface area contributed by atoms with Gasteiger partial charge in [0.05, 0.1) is 6.54 Å². The molecule has 0 radical (unpaired) electrons. The van der Waals surface area contributed by atoms with E-state index in [9.17, 15) is 4.79 Å². The molecule has 3 N–H and O–H groups in total. The summed E-state index contributed by atoms with van der Waals surface area (Å²) in [7, 11) is 0. The normalized spacial score (nSPS) is 13.5. The number of amides is 1. The van der Waals surface area contributed by atoms with Crippen LogP contribution in [-0.4, -0.2) is 19.0 Å². The van der Waals surface area contributed by atoms with E-state index < -0.39 is 0 Å². The number of nitrogens with one attached hydrogen (secondary N) is 1. The maximum Gasteiger partial charge on any atom is 0.243 e. The maximum absolute atomic E-state index is 12.3. The first-order valence-corrected chi connectivity index (χ1v) is 8.18. The summed E-state index contributed by atoms with van der Waals surface area (Å²) < 4.78 is 0. The van der Waals surface area contributed by atoms with Crippen molar-refractivity contribution in [1.29, 1.82) is 0 Å². The molecule has 3 rings (SSSR count). The van der Waals surface area contributed by atoms with Crippen LogP contribution in [-0.2, 0) is 17.6 Å². The van der Waals surface area contributed by atoms with Gasteiger partial charge < -0.3 is 16.0 Å². The molecule has 0 atom stereocenters. The summed E-state index contributed by atoms with van der Waals surface area (Å²) in [4.78, 5) is 14.5. The van der Waals surface area contributed by atoms with Crippen LogP contribution in [0.1, 0.15) is 24.5 Å². The molecule has 2 aromatic carbocycles. The molecule has 120 valence electrons. The molecule has 4 nitrogen and oxygen atoms in total. The van der Waals surface area contributed by atoms with Gasteiger partial charge in [-0.2, -0.15) is 0 Å². The lowest BCUT2D eigenvalue weighted by atomic mass is 10.00. The standard InChI is InChI=1S/C19H23N3O/c1-2-14-8-10-15(11-9-14)21-19(23)13-22-12-4-5-16-17(20)6-3-7-18(16)22/h3,6-11H,2,4-5,12-13,20H2,1H3,(H,21,23). The van der Waals surface area contributed by atoms with Crippen LogP contribution in [0.5, 0.6) is 0 Å². The third-order valence-corrected chi connectivity index (χ3v) is 4.36. The maximum atomic E-state index is 12.3. The summed E-state index contributed by atoms with van der Waals surface area (Å²) in [6.07, 6.45) is 3.01. The van der Waals surface area contributed by atoms with Crippen molar-refractivity contribution in [2.75, 3.05) is 29.0 Å². The highest BCUT2D eigenvalue weighted by Gasteiger charge is 2.20. The van der Waals surface area contributed by atoms with Gasteiger partial charge in [-0.1, -0.05) is 25.1 Å². The summed E-state index contributed by atoms with van der Waals surface area (Å²) in [6, 6.07) is 13.9. The minimum atomic E-state index is 0.00419. The van der Waals surface area contributed by atoms with Crippen LogP contribution in [0.15, 0.2) is 42.5 Å². The fourth-order valence-corrected chi connectivity index (χ4v) is 3.09. The number of fused-ring (bicyclic) bond motifs is 1. The third kappa shape index (κ3) is 3.47. The number of rotatable bonds is 4. The number of carbonyl (C=O) groups excluding carboxylic acids is 1. The molecule has 0 spiro atoms. The van der Waals surface area contributed by atoms with E-state index in [4.69, 9.17) is 5.73 Å². The lowest BCUT2D eigenvalue weighted by molar-refractivity contribution is -0.115. The zero-order valence-electron chi connectivity index (χ0n) is 13.5. The minimum absolute atomic E-state index is 0.00419. The summed E-state index contributed by atoms with van der Waals surface area (Å²) in [5.74, 6) is 0.00419. The summed E-state index contributed by atoms with van der Waals surface area (Å²) in [5, 5.41) is 2.97. The highest BCUT2D eigenvalue weighted by atomic mass is 16.2. The van der Waals surface area contributed by atoms with Gasteiger partial charge in [-0.25, -0.2) is 0 Å². The van der Waals surface area contributed by atoms with Crippen LogP contribution in [0.25, 0.3) is 0 Å². The van der Waals surface area contributed by atoms with Gasteiger partial charge in [0.1, 0.15) is 0 Å². The first-order chi connectivity index (χ1) is 11.2. The van der Waals surface area contributed by atoms with Gasteiger partial charge in [-0.05, 0) is 54.7 Å². The monoisotopic (exact) mass is 309 g/mol. The molecule has 0 aliphatic carbocycles. The van der Waals surface area contributed by atoms with Crippen molar-refractivity contribution in [3.63, 3.8) is 0 Å². The number of hydrogen-bond donors (Lipinski definition) is 2. The predicted molar refractivity (Wildman–Crippen MR) is 95.8 cm³/mol. The van der Waals surface area contributed by atoms with Crippen molar-refractivity contribution < 1.29 is 4.79 Å². The van der Waals surface area contributed by atoms with Crippen LogP contribution in [0.2, 0.25) is 0 Å². The molecule has 0 saturated carbocycles. The molecule has 1 aliphatic heterocycles. The summed E-state index contributed by atoms with van der Waals surface area (Å²) >= 11 is 0. The molecular weight excluding hydrogens is 286 g/mol. The van der Waals surface area contributed by atoms with Crippen LogP contribution in [0, 0.1) is 0 Å². The number of nitrogens with two attached hydrogens (primary N) is 1. The zero-order valence-corrected chi connectivity index (χ0v) is 13.5. The Balaban J connectivity index is 1.68. The van der Waals surface area contributed by atoms with Gasteiger partial charge in [0, 0.05) is 23.6 Å². The van der Waals surface area contributed by atoms with Gasteiger partial charge in [-0.3, -0.25) is 4.79 Å². The predicted octanol–water partition coefficient (Wildman–Crippen LogP) is 3.22. The number of nitrogens with zero attached hydrogens (tertiary/aromatic N) is 1. The molecule has 1 amide bonds. The van der Waals surface area contributed by atoms with E-state index >= 15 is 0 Å². The van der Waals surface area contributed by atoms with E-state index in [1.807, 2.05) is 42.5 Å². The highest BCUT2D eigenvalue weighted by molar-refractivity contribution is 5.94. The topological polar surface area (TPSA) is 58.4 Å². The Kier molecular flexibility index (Phi) is 4.51. The second-order valence-corrected chi connectivity index (χ2v) is 5.97. The van der Waals surface area contributed by atoms with E-state index in [0.29, 0.717) is 6.54 Å². The van der Waals surface area contributed by atoms with Crippen molar-refractivity contribution in [2.45, 2.75) is 26.2 Å². The van der Waals surface area contributed by atoms with Crippen molar-refractivity contribution in [1.82, 2.24) is 0 Å². The van der Waals surface area contributed by atoms with Crippen molar-refractivity contribution in [3.8, 4) is 0 Å². The smallest absolute Gasteiger partial charge is 0.243 e. The first-order valence-electron chi connectivity index (χ1n) is 8.18. The Morgan fingerprint density at radius 2 is 2.00 bits per heavy atom. The molecular formula is C19H23N3O. The molecule has 0 unspecified atom stereocenters. The largest absolute Gasteiger partial charge is 0.398 e. The first kappa shape index (κ1) is 15.4. The van der Waals surface area contributed by atoms with Gasteiger partial charge in [0.25, 0.3) is 0 Å².